The molecule has 3 heteroatoms. The molecule has 2 unspecified atom stereocenters. The van der Waals surface area contributed by atoms with Gasteiger partial charge in [-0.05, 0) is 26.3 Å². The first-order valence-corrected chi connectivity index (χ1v) is 5.30. The first-order valence-electron chi connectivity index (χ1n) is 5.30. The second kappa shape index (κ2) is 6.35. The molecule has 1 heterocycles. The molecule has 1 aliphatic heterocycles. The van der Waals surface area contributed by atoms with E-state index in [0.29, 0.717) is 12.1 Å². The average molecular weight is 186 g/mol. The van der Waals surface area contributed by atoms with Gasteiger partial charge in [-0.3, -0.25) is 0 Å². The van der Waals surface area contributed by atoms with Gasteiger partial charge >= 0.3 is 0 Å². The molecular weight excluding hydrogens is 164 g/mol. The van der Waals surface area contributed by atoms with Crippen LogP contribution in [0.5, 0.6) is 0 Å². The summed E-state index contributed by atoms with van der Waals surface area (Å²) in [6.07, 6.45) is 4.35. The zero-order valence-corrected chi connectivity index (χ0v) is 8.81. The third kappa shape index (κ3) is 4.60. The molecule has 0 radical (unpaired) electrons. The van der Waals surface area contributed by atoms with Gasteiger partial charge in [-0.2, -0.15) is 0 Å². The van der Waals surface area contributed by atoms with E-state index in [-0.39, 0.29) is 0 Å². The van der Waals surface area contributed by atoms with Crippen LogP contribution in [0.2, 0.25) is 0 Å². The molecule has 0 aromatic rings. The quantitative estimate of drug-likeness (QED) is 0.665. The molecule has 78 valence electrons. The van der Waals surface area contributed by atoms with Crippen molar-refractivity contribution in [3.8, 4) is 0 Å². The van der Waals surface area contributed by atoms with E-state index in [9.17, 15) is 0 Å². The number of methoxy groups -OCH3 is 1. The molecule has 0 aromatic heterocycles. The second-order valence-electron chi connectivity index (χ2n) is 3.85. The van der Waals surface area contributed by atoms with E-state index in [0.717, 1.165) is 13.1 Å². The number of ether oxygens (including phenoxy) is 1. The summed E-state index contributed by atoms with van der Waals surface area (Å²) in [6, 6.07) is 0.679. The lowest BCUT2D eigenvalue weighted by Gasteiger charge is -2.24. The first-order chi connectivity index (χ1) is 6.33. The minimum Gasteiger partial charge on any atom is -0.380 e. The number of nitrogens with one attached hydrogen (secondary N) is 2. The highest BCUT2D eigenvalue weighted by Crippen LogP contribution is 2.05. The fourth-order valence-electron chi connectivity index (χ4n) is 1.64. The zero-order chi connectivity index (χ0) is 9.52. The minimum absolute atomic E-state index is 0.323. The Morgan fingerprint density at radius 1 is 1.54 bits per heavy atom. The van der Waals surface area contributed by atoms with Crippen molar-refractivity contribution in [2.45, 2.75) is 38.3 Å². The van der Waals surface area contributed by atoms with E-state index < -0.39 is 0 Å². The van der Waals surface area contributed by atoms with Gasteiger partial charge in [0.25, 0.3) is 0 Å². The number of piperidine rings is 1. The van der Waals surface area contributed by atoms with E-state index in [1.54, 1.807) is 7.11 Å². The maximum atomic E-state index is 5.16. The molecule has 0 amide bonds. The SMILES string of the molecule is COC(C)CNCC1CCCCN1. The molecule has 0 aliphatic carbocycles. The molecule has 0 spiro atoms. The monoisotopic (exact) mass is 186 g/mol. The molecular formula is C10H22N2O. The fraction of sp³-hybridized carbons (Fsp3) is 1.00. The largest absolute Gasteiger partial charge is 0.380 e. The van der Waals surface area contributed by atoms with Gasteiger partial charge in [-0.1, -0.05) is 6.42 Å². The van der Waals surface area contributed by atoms with Crippen molar-refractivity contribution in [1.82, 2.24) is 10.6 Å². The van der Waals surface area contributed by atoms with E-state index in [2.05, 4.69) is 17.6 Å². The van der Waals surface area contributed by atoms with Crippen molar-refractivity contribution in [3.05, 3.63) is 0 Å². The molecule has 3 nitrogen and oxygen atoms in total. The van der Waals surface area contributed by atoms with Crippen LogP contribution in [0.1, 0.15) is 26.2 Å². The Kier molecular flexibility index (Phi) is 5.35. The van der Waals surface area contributed by atoms with Gasteiger partial charge < -0.3 is 15.4 Å². The van der Waals surface area contributed by atoms with Gasteiger partial charge in [-0.25, -0.2) is 0 Å². The highest BCUT2D eigenvalue weighted by Gasteiger charge is 2.11. The number of hydrogen-bond donors (Lipinski definition) is 2. The molecule has 2 atom stereocenters. The van der Waals surface area contributed by atoms with Crippen molar-refractivity contribution < 1.29 is 4.74 Å². The van der Waals surface area contributed by atoms with Gasteiger partial charge in [0.1, 0.15) is 0 Å². The highest BCUT2D eigenvalue weighted by atomic mass is 16.5. The Balaban J connectivity index is 1.98. The maximum Gasteiger partial charge on any atom is 0.0667 e. The molecule has 1 saturated heterocycles. The normalized spacial score (nSPS) is 25.8. The smallest absolute Gasteiger partial charge is 0.0667 e. The van der Waals surface area contributed by atoms with Crippen LogP contribution in [0.15, 0.2) is 0 Å². The third-order valence-electron chi connectivity index (χ3n) is 2.64. The van der Waals surface area contributed by atoms with Gasteiger partial charge in [0, 0.05) is 26.2 Å². The van der Waals surface area contributed by atoms with Crippen molar-refractivity contribution in [3.63, 3.8) is 0 Å². The van der Waals surface area contributed by atoms with Gasteiger partial charge in [0.2, 0.25) is 0 Å². The molecule has 0 bridgehead atoms. The fourth-order valence-corrected chi connectivity index (χ4v) is 1.64. The van der Waals surface area contributed by atoms with Crippen LogP contribution in [-0.2, 0) is 4.74 Å². The van der Waals surface area contributed by atoms with E-state index in [1.165, 1.54) is 25.8 Å². The lowest BCUT2D eigenvalue weighted by atomic mass is 10.1. The van der Waals surface area contributed by atoms with Crippen molar-refractivity contribution in [2.24, 2.45) is 0 Å². The van der Waals surface area contributed by atoms with Crippen LogP contribution >= 0.6 is 0 Å². The van der Waals surface area contributed by atoms with E-state index >= 15 is 0 Å². The summed E-state index contributed by atoms with van der Waals surface area (Å²) in [5.41, 5.74) is 0. The highest BCUT2D eigenvalue weighted by molar-refractivity contribution is 4.74. The summed E-state index contributed by atoms with van der Waals surface area (Å²) < 4.78 is 5.16. The minimum atomic E-state index is 0.323. The van der Waals surface area contributed by atoms with Crippen LogP contribution < -0.4 is 10.6 Å². The second-order valence-corrected chi connectivity index (χ2v) is 3.85. The summed E-state index contributed by atoms with van der Waals surface area (Å²) in [4.78, 5) is 0. The van der Waals surface area contributed by atoms with E-state index in [4.69, 9.17) is 4.74 Å². The Morgan fingerprint density at radius 3 is 3.00 bits per heavy atom. The predicted octanol–water partition coefficient (Wildman–Crippen LogP) is 0.753. The lowest BCUT2D eigenvalue weighted by molar-refractivity contribution is 0.116. The standard InChI is InChI=1S/C10H22N2O/c1-9(13-2)7-11-8-10-5-3-4-6-12-10/h9-12H,3-8H2,1-2H3. The third-order valence-corrected chi connectivity index (χ3v) is 2.64. The van der Waals surface area contributed by atoms with Gasteiger partial charge in [0.05, 0.1) is 6.10 Å². The summed E-state index contributed by atoms with van der Waals surface area (Å²) in [5.74, 6) is 0. The summed E-state index contributed by atoms with van der Waals surface area (Å²) >= 11 is 0. The molecule has 0 saturated carbocycles. The Bertz CT molecular complexity index is 124. The zero-order valence-electron chi connectivity index (χ0n) is 8.81. The molecule has 2 N–H and O–H groups in total. The van der Waals surface area contributed by atoms with Crippen molar-refractivity contribution in [1.29, 1.82) is 0 Å². The predicted molar refractivity (Wildman–Crippen MR) is 55.0 cm³/mol. The van der Waals surface area contributed by atoms with Crippen LogP contribution in [-0.4, -0.2) is 38.9 Å². The van der Waals surface area contributed by atoms with E-state index in [1.807, 2.05) is 0 Å². The molecule has 1 rings (SSSR count). The molecule has 0 aromatic carbocycles. The maximum absolute atomic E-state index is 5.16. The Morgan fingerprint density at radius 2 is 2.38 bits per heavy atom. The van der Waals surface area contributed by atoms with Gasteiger partial charge in [-0.15, -0.1) is 0 Å². The first kappa shape index (κ1) is 11.0. The van der Waals surface area contributed by atoms with Gasteiger partial charge in [0.15, 0.2) is 0 Å². The average Bonchev–Trinajstić information content (AvgIpc) is 2.19. The number of hydrogen-bond acceptors (Lipinski definition) is 3. The molecule has 1 aliphatic rings. The van der Waals surface area contributed by atoms with Crippen molar-refractivity contribution >= 4 is 0 Å². The van der Waals surface area contributed by atoms with Crippen molar-refractivity contribution in [2.75, 3.05) is 26.7 Å². The topological polar surface area (TPSA) is 33.3 Å². The Hall–Kier alpha value is -0.120. The summed E-state index contributed by atoms with van der Waals surface area (Å²) in [5, 5.41) is 6.93. The summed E-state index contributed by atoms with van der Waals surface area (Å²) in [6.45, 7) is 5.30. The van der Waals surface area contributed by atoms with Crippen LogP contribution in [0, 0.1) is 0 Å². The number of rotatable bonds is 5. The molecule has 1 fully saturated rings. The lowest BCUT2D eigenvalue weighted by Crippen LogP contribution is -2.43. The molecule has 13 heavy (non-hydrogen) atoms. The summed E-state index contributed by atoms with van der Waals surface area (Å²) in [7, 11) is 1.76. The van der Waals surface area contributed by atoms with Crippen LogP contribution in [0.4, 0.5) is 0 Å². The van der Waals surface area contributed by atoms with Crippen LogP contribution in [0.3, 0.4) is 0 Å². The van der Waals surface area contributed by atoms with Crippen LogP contribution in [0.25, 0.3) is 0 Å². The Labute approximate surface area is 81.2 Å².